The summed E-state index contributed by atoms with van der Waals surface area (Å²) in [5.74, 6) is 2.19. The minimum absolute atomic E-state index is 0.0531. The SMILES string of the molecule is Fc1ccc(C2(CNC(=S)Nc3nc(N4CCCC4)cc(N4Cc5ccccc5C4)n3)CCCCC2)cc1. The molecule has 1 saturated heterocycles. The molecule has 2 aliphatic heterocycles. The van der Waals surface area contributed by atoms with E-state index in [-0.39, 0.29) is 11.2 Å². The van der Waals surface area contributed by atoms with Gasteiger partial charge in [-0.05, 0) is 66.7 Å². The number of benzene rings is 2. The van der Waals surface area contributed by atoms with Gasteiger partial charge in [-0.25, -0.2) is 4.39 Å². The smallest absolute Gasteiger partial charge is 0.232 e. The first kappa shape index (κ1) is 25.0. The lowest BCUT2D eigenvalue weighted by Crippen LogP contribution is -2.43. The number of aromatic nitrogens is 2. The van der Waals surface area contributed by atoms with E-state index in [9.17, 15) is 4.39 Å². The number of fused-ring (bicyclic) bond motifs is 1. The van der Waals surface area contributed by atoms with Crippen molar-refractivity contribution in [3.63, 3.8) is 0 Å². The molecule has 1 saturated carbocycles. The molecule has 3 aliphatic rings. The lowest BCUT2D eigenvalue weighted by molar-refractivity contribution is 0.292. The molecular weight excluding hydrogens is 495 g/mol. The van der Waals surface area contributed by atoms with Crippen LogP contribution in [0.4, 0.5) is 22.0 Å². The van der Waals surface area contributed by atoms with Gasteiger partial charge in [-0.15, -0.1) is 0 Å². The number of rotatable bonds is 6. The highest BCUT2D eigenvalue weighted by molar-refractivity contribution is 7.80. The second kappa shape index (κ2) is 10.8. The van der Waals surface area contributed by atoms with Crippen molar-refractivity contribution in [1.29, 1.82) is 0 Å². The molecule has 2 aromatic carbocycles. The van der Waals surface area contributed by atoms with Gasteiger partial charge in [0.05, 0.1) is 0 Å². The van der Waals surface area contributed by atoms with Crippen LogP contribution in [0.15, 0.2) is 54.6 Å². The van der Waals surface area contributed by atoms with Gasteiger partial charge in [0.15, 0.2) is 5.11 Å². The van der Waals surface area contributed by atoms with E-state index in [0.717, 1.165) is 50.7 Å². The number of thiocarbonyl (C=S) groups is 1. The molecule has 2 N–H and O–H groups in total. The van der Waals surface area contributed by atoms with Gasteiger partial charge >= 0.3 is 0 Å². The Hall–Kier alpha value is -3.26. The Balaban J connectivity index is 1.19. The van der Waals surface area contributed by atoms with E-state index in [0.29, 0.717) is 17.6 Å². The minimum atomic E-state index is -0.197. The topological polar surface area (TPSA) is 56.3 Å². The van der Waals surface area contributed by atoms with Crippen LogP contribution in [-0.4, -0.2) is 34.7 Å². The Morgan fingerprint density at radius 1 is 0.842 bits per heavy atom. The molecule has 1 aromatic heterocycles. The molecule has 0 radical (unpaired) electrons. The van der Waals surface area contributed by atoms with E-state index in [1.807, 2.05) is 12.1 Å². The summed E-state index contributed by atoms with van der Waals surface area (Å²) in [7, 11) is 0. The van der Waals surface area contributed by atoms with Crippen LogP contribution in [0.1, 0.15) is 61.6 Å². The van der Waals surface area contributed by atoms with E-state index < -0.39 is 0 Å². The molecular formula is C30H35FN6S. The van der Waals surface area contributed by atoms with E-state index in [2.05, 4.69) is 50.8 Å². The van der Waals surface area contributed by atoms with Crippen molar-refractivity contribution in [2.75, 3.05) is 34.8 Å². The van der Waals surface area contributed by atoms with Gasteiger partial charge < -0.3 is 20.4 Å². The van der Waals surface area contributed by atoms with Crippen LogP contribution >= 0.6 is 12.2 Å². The number of nitrogens with one attached hydrogen (secondary N) is 2. The van der Waals surface area contributed by atoms with E-state index >= 15 is 0 Å². The molecule has 0 atom stereocenters. The fourth-order valence-electron chi connectivity index (χ4n) is 6.24. The molecule has 8 heteroatoms. The number of hydrogen-bond donors (Lipinski definition) is 2. The van der Waals surface area contributed by atoms with Gasteiger partial charge in [0, 0.05) is 44.2 Å². The maximum absolute atomic E-state index is 13.6. The van der Waals surface area contributed by atoms with Gasteiger partial charge in [-0.3, -0.25) is 0 Å². The molecule has 0 amide bonds. The van der Waals surface area contributed by atoms with Crippen LogP contribution < -0.4 is 20.4 Å². The zero-order valence-electron chi connectivity index (χ0n) is 21.8. The normalized spacial score (nSPS) is 18.3. The second-order valence-corrected chi connectivity index (χ2v) is 11.3. The van der Waals surface area contributed by atoms with Gasteiger partial charge in [-0.2, -0.15) is 9.97 Å². The average molecular weight is 531 g/mol. The molecule has 2 fully saturated rings. The molecule has 0 unspecified atom stereocenters. The summed E-state index contributed by atoms with van der Waals surface area (Å²) < 4.78 is 13.6. The van der Waals surface area contributed by atoms with E-state index in [1.54, 1.807) is 12.1 Å². The summed E-state index contributed by atoms with van der Waals surface area (Å²) in [6.07, 6.45) is 8.07. The van der Waals surface area contributed by atoms with Gasteiger partial charge in [0.1, 0.15) is 17.5 Å². The number of anilines is 3. The summed E-state index contributed by atoms with van der Waals surface area (Å²) >= 11 is 5.75. The third-order valence-corrected chi connectivity index (χ3v) is 8.62. The van der Waals surface area contributed by atoms with Gasteiger partial charge in [-0.1, -0.05) is 55.7 Å². The fourth-order valence-corrected chi connectivity index (χ4v) is 6.40. The third-order valence-electron chi connectivity index (χ3n) is 8.37. The summed E-state index contributed by atoms with van der Waals surface area (Å²) in [4.78, 5) is 14.4. The molecule has 3 heterocycles. The lowest BCUT2D eigenvalue weighted by Gasteiger charge is -2.38. The van der Waals surface area contributed by atoms with Gasteiger partial charge in [0.25, 0.3) is 0 Å². The predicted octanol–water partition coefficient (Wildman–Crippen LogP) is 5.92. The molecule has 38 heavy (non-hydrogen) atoms. The summed E-state index contributed by atoms with van der Waals surface area (Å²) in [6.45, 7) is 4.41. The van der Waals surface area contributed by atoms with Crippen LogP contribution in [0.25, 0.3) is 0 Å². The van der Waals surface area contributed by atoms with Crippen molar-refractivity contribution in [2.24, 2.45) is 0 Å². The predicted molar refractivity (Wildman–Crippen MR) is 155 cm³/mol. The van der Waals surface area contributed by atoms with Crippen molar-refractivity contribution in [1.82, 2.24) is 15.3 Å². The standard InChI is InChI=1S/C30H35FN6S/c31-25-12-10-24(11-13-25)30(14-4-1-5-15-30)21-32-29(38)35-28-33-26(36-16-6-7-17-36)18-27(34-28)37-19-22-8-2-3-9-23(22)20-37/h2-3,8-13,18H,1,4-7,14-17,19-21H2,(H2,32,33,34,35,38). The summed E-state index contributed by atoms with van der Waals surface area (Å²) in [5, 5.41) is 7.28. The first-order valence-electron chi connectivity index (χ1n) is 13.8. The lowest BCUT2D eigenvalue weighted by atomic mass is 9.69. The Morgan fingerprint density at radius 3 is 2.13 bits per heavy atom. The maximum Gasteiger partial charge on any atom is 0.232 e. The van der Waals surface area contributed by atoms with Crippen molar-refractivity contribution < 1.29 is 4.39 Å². The van der Waals surface area contributed by atoms with Crippen molar-refractivity contribution in [2.45, 2.75) is 63.5 Å². The summed E-state index contributed by atoms with van der Waals surface area (Å²) in [5.41, 5.74) is 3.82. The van der Waals surface area contributed by atoms with Crippen LogP contribution in [0.3, 0.4) is 0 Å². The minimum Gasteiger partial charge on any atom is -0.361 e. The van der Waals surface area contributed by atoms with E-state index in [1.165, 1.54) is 48.8 Å². The monoisotopic (exact) mass is 530 g/mol. The van der Waals surface area contributed by atoms with Crippen LogP contribution in [0.5, 0.6) is 0 Å². The van der Waals surface area contributed by atoms with Crippen molar-refractivity contribution in [3.05, 3.63) is 77.1 Å². The quantitative estimate of drug-likeness (QED) is 0.384. The Labute approximate surface area is 229 Å². The highest BCUT2D eigenvalue weighted by Crippen LogP contribution is 2.39. The molecule has 1 aliphatic carbocycles. The van der Waals surface area contributed by atoms with Crippen LogP contribution in [-0.2, 0) is 18.5 Å². The Morgan fingerprint density at radius 2 is 1.47 bits per heavy atom. The van der Waals surface area contributed by atoms with Gasteiger partial charge in [0.2, 0.25) is 5.95 Å². The zero-order valence-corrected chi connectivity index (χ0v) is 22.6. The number of halogens is 1. The van der Waals surface area contributed by atoms with Crippen molar-refractivity contribution in [3.8, 4) is 0 Å². The Bertz CT molecular complexity index is 1260. The Kier molecular flexibility index (Phi) is 7.15. The molecule has 0 spiro atoms. The van der Waals surface area contributed by atoms with Crippen LogP contribution in [0, 0.1) is 5.82 Å². The summed E-state index contributed by atoms with van der Waals surface area (Å²) in [6, 6.07) is 17.7. The number of hydrogen-bond acceptors (Lipinski definition) is 5. The zero-order chi connectivity index (χ0) is 26.0. The van der Waals surface area contributed by atoms with Crippen molar-refractivity contribution >= 4 is 34.9 Å². The molecule has 3 aromatic rings. The van der Waals surface area contributed by atoms with E-state index in [4.69, 9.17) is 22.2 Å². The largest absolute Gasteiger partial charge is 0.361 e. The number of nitrogens with zero attached hydrogens (tertiary/aromatic N) is 4. The third kappa shape index (κ3) is 5.32. The first-order valence-corrected chi connectivity index (χ1v) is 14.3. The maximum atomic E-state index is 13.6. The van der Waals surface area contributed by atoms with Crippen LogP contribution in [0.2, 0.25) is 0 Å². The highest BCUT2D eigenvalue weighted by atomic mass is 32.1. The fraction of sp³-hybridized carbons (Fsp3) is 0.433. The average Bonchev–Trinajstić information content (AvgIpc) is 3.63. The molecule has 6 rings (SSSR count). The highest BCUT2D eigenvalue weighted by Gasteiger charge is 2.34. The first-order chi connectivity index (χ1) is 18.6. The second-order valence-electron chi connectivity index (χ2n) is 10.9. The molecule has 198 valence electrons. The molecule has 0 bridgehead atoms. The molecule has 6 nitrogen and oxygen atoms in total.